The van der Waals surface area contributed by atoms with Gasteiger partial charge in [0.15, 0.2) is 0 Å². The van der Waals surface area contributed by atoms with Crippen LogP contribution in [0.4, 0.5) is 0 Å². The molecule has 23 heavy (non-hydrogen) atoms. The van der Waals surface area contributed by atoms with Gasteiger partial charge in [-0.15, -0.1) is 0 Å². The molecule has 2 aliphatic heterocycles. The van der Waals surface area contributed by atoms with Gasteiger partial charge in [0.25, 0.3) is 5.91 Å². The summed E-state index contributed by atoms with van der Waals surface area (Å²) in [6.45, 7) is 4.25. The Balaban J connectivity index is 1.74. The summed E-state index contributed by atoms with van der Waals surface area (Å²) in [5.74, 6) is -0.664. The molecule has 2 saturated heterocycles. The van der Waals surface area contributed by atoms with Crippen LogP contribution in [0.3, 0.4) is 0 Å². The number of nitrogens with one attached hydrogen (secondary N) is 2. The van der Waals surface area contributed by atoms with E-state index in [0.717, 1.165) is 0 Å². The number of hydrogen-bond donors (Lipinski definition) is 2. The molecule has 2 N–H and O–H groups in total. The second-order valence-corrected chi connectivity index (χ2v) is 6.17. The van der Waals surface area contributed by atoms with E-state index in [2.05, 4.69) is 20.6 Å². The van der Waals surface area contributed by atoms with Gasteiger partial charge in [-0.05, 0) is 12.3 Å². The number of carbonyl (C=O) groups is 3. The Labute approximate surface area is 133 Å². The average molecular weight is 317 g/mol. The first-order valence-corrected chi connectivity index (χ1v) is 7.66. The monoisotopic (exact) mass is 317 g/mol. The van der Waals surface area contributed by atoms with Crippen molar-refractivity contribution in [2.24, 2.45) is 5.92 Å². The molecule has 0 aliphatic carbocycles. The lowest BCUT2D eigenvalue weighted by Crippen LogP contribution is -2.66. The van der Waals surface area contributed by atoms with Gasteiger partial charge in [0, 0.05) is 18.9 Å². The highest BCUT2D eigenvalue weighted by Gasteiger charge is 2.49. The number of piperazine rings is 1. The molecule has 8 heteroatoms. The lowest BCUT2D eigenvalue weighted by atomic mass is 9.97. The minimum Gasteiger partial charge on any atom is -0.345 e. The van der Waals surface area contributed by atoms with Gasteiger partial charge in [-0.3, -0.25) is 19.4 Å². The van der Waals surface area contributed by atoms with Gasteiger partial charge in [0.2, 0.25) is 11.8 Å². The molecule has 3 unspecified atom stereocenters. The molecule has 3 amide bonds. The molecular formula is C15H19N5O3. The Morgan fingerprint density at radius 1 is 1.39 bits per heavy atom. The summed E-state index contributed by atoms with van der Waals surface area (Å²) >= 11 is 0. The molecule has 0 spiro atoms. The van der Waals surface area contributed by atoms with Crippen LogP contribution >= 0.6 is 0 Å². The zero-order valence-corrected chi connectivity index (χ0v) is 13.0. The maximum Gasteiger partial charge on any atom is 0.271 e. The van der Waals surface area contributed by atoms with E-state index in [0.29, 0.717) is 13.0 Å². The minimum absolute atomic E-state index is 0.0284. The fraction of sp³-hybridized carbons (Fsp3) is 0.533. The summed E-state index contributed by atoms with van der Waals surface area (Å²) in [7, 11) is 0. The quantitative estimate of drug-likeness (QED) is 0.769. The number of aromatic nitrogens is 2. The van der Waals surface area contributed by atoms with Crippen LogP contribution in [-0.2, 0) is 9.59 Å². The van der Waals surface area contributed by atoms with Gasteiger partial charge < -0.3 is 15.5 Å². The van der Waals surface area contributed by atoms with E-state index in [9.17, 15) is 14.4 Å². The predicted octanol–water partition coefficient (Wildman–Crippen LogP) is -0.670. The normalized spacial score (nSPS) is 26.9. The van der Waals surface area contributed by atoms with Gasteiger partial charge >= 0.3 is 0 Å². The number of nitrogens with zero attached hydrogens (tertiary/aromatic N) is 3. The molecular weight excluding hydrogens is 298 g/mol. The lowest BCUT2D eigenvalue weighted by Gasteiger charge is -2.37. The van der Waals surface area contributed by atoms with Crippen LogP contribution in [0.15, 0.2) is 18.6 Å². The van der Waals surface area contributed by atoms with E-state index in [1.807, 2.05) is 13.8 Å². The smallest absolute Gasteiger partial charge is 0.271 e. The number of hydrogen-bond acceptors (Lipinski definition) is 5. The molecule has 1 aromatic heterocycles. The Morgan fingerprint density at radius 2 is 2.17 bits per heavy atom. The molecule has 0 aromatic carbocycles. The highest BCUT2D eigenvalue weighted by molar-refractivity contribution is 5.99. The summed E-state index contributed by atoms with van der Waals surface area (Å²) in [6.07, 6.45) is 4.82. The van der Waals surface area contributed by atoms with Crippen molar-refractivity contribution >= 4 is 17.7 Å². The molecule has 3 atom stereocenters. The van der Waals surface area contributed by atoms with Crippen LogP contribution in [0, 0.1) is 5.92 Å². The zero-order valence-electron chi connectivity index (χ0n) is 13.0. The van der Waals surface area contributed by atoms with Crippen molar-refractivity contribution < 1.29 is 14.4 Å². The molecule has 122 valence electrons. The first-order chi connectivity index (χ1) is 11.0. The summed E-state index contributed by atoms with van der Waals surface area (Å²) in [5.41, 5.74) is 0.188. The summed E-state index contributed by atoms with van der Waals surface area (Å²) in [5, 5.41) is 5.56. The summed E-state index contributed by atoms with van der Waals surface area (Å²) in [4.78, 5) is 46.4. The summed E-state index contributed by atoms with van der Waals surface area (Å²) in [6, 6.07) is -1.56. The standard InChI is InChI=1S/C15H19N5O3/c1-8(2)11-15(23)20-6-3-9(12(20)14(22)19-11)18-13(21)10-7-16-4-5-17-10/h4-5,7-9,11-12H,3,6H2,1-2H3,(H,18,21)(H,19,22). The fourth-order valence-corrected chi connectivity index (χ4v) is 3.10. The largest absolute Gasteiger partial charge is 0.345 e. The van der Waals surface area contributed by atoms with Gasteiger partial charge in [-0.2, -0.15) is 0 Å². The van der Waals surface area contributed by atoms with E-state index in [-0.39, 0.29) is 23.4 Å². The highest BCUT2D eigenvalue weighted by Crippen LogP contribution is 2.25. The molecule has 0 saturated carbocycles. The van der Waals surface area contributed by atoms with Crippen molar-refractivity contribution in [2.75, 3.05) is 6.54 Å². The second-order valence-electron chi connectivity index (χ2n) is 6.17. The molecule has 2 aliphatic rings. The van der Waals surface area contributed by atoms with Crippen molar-refractivity contribution in [1.29, 1.82) is 0 Å². The molecule has 0 bridgehead atoms. The predicted molar refractivity (Wildman–Crippen MR) is 80.2 cm³/mol. The van der Waals surface area contributed by atoms with Crippen molar-refractivity contribution in [3.63, 3.8) is 0 Å². The summed E-state index contributed by atoms with van der Waals surface area (Å²) < 4.78 is 0. The third kappa shape index (κ3) is 2.76. The van der Waals surface area contributed by atoms with Crippen molar-refractivity contribution in [3.8, 4) is 0 Å². The zero-order chi connectivity index (χ0) is 16.6. The molecule has 0 radical (unpaired) electrons. The lowest BCUT2D eigenvalue weighted by molar-refractivity contribution is -0.148. The SMILES string of the molecule is CC(C)C1NC(=O)C2C(NC(=O)c3cnccn3)CCN2C1=O. The Kier molecular flexibility index (Phi) is 3.97. The van der Waals surface area contributed by atoms with Gasteiger partial charge in [0.1, 0.15) is 17.8 Å². The van der Waals surface area contributed by atoms with Gasteiger partial charge in [-0.1, -0.05) is 13.8 Å². The number of rotatable bonds is 3. The van der Waals surface area contributed by atoms with Gasteiger partial charge in [0.05, 0.1) is 12.2 Å². The Bertz CT molecular complexity index is 633. The maximum atomic E-state index is 12.5. The van der Waals surface area contributed by atoms with Crippen LogP contribution < -0.4 is 10.6 Å². The maximum absolute atomic E-state index is 12.5. The Morgan fingerprint density at radius 3 is 2.83 bits per heavy atom. The number of fused-ring (bicyclic) bond motifs is 1. The molecule has 2 fully saturated rings. The number of carbonyl (C=O) groups excluding carboxylic acids is 3. The molecule has 3 heterocycles. The van der Waals surface area contributed by atoms with E-state index in [1.54, 1.807) is 4.90 Å². The molecule has 1 aromatic rings. The van der Waals surface area contributed by atoms with Crippen LogP contribution in [-0.4, -0.2) is 57.3 Å². The first-order valence-electron chi connectivity index (χ1n) is 7.66. The fourth-order valence-electron chi connectivity index (χ4n) is 3.10. The van der Waals surface area contributed by atoms with Crippen LogP contribution in [0.2, 0.25) is 0 Å². The molecule has 8 nitrogen and oxygen atoms in total. The Hall–Kier alpha value is -2.51. The third-order valence-electron chi connectivity index (χ3n) is 4.29. The number of amides is 3. The van der Waals surface area contributed by atoms with E-state index in [1.165, 1.54) is 18.6 Å². The van der Waals surface area contributed by atoms with Crippen molar-refractivity contribution in [1.82, 2.24) is 25.5 Å². The second kappa shape index (κ2) is 5.94. The van der Waals surface area contributed by atoms with Gasteiger partial charge in [-0.25, -0.2) is 4.98 Å². The van der Waals surface area contributed by atoms with Crippen LogP contribution in [0.1, 0.15) is 30.8 Å². The topological polar surface area (TPSA) is 104 Å². The first kappa shape index (κ1) is 15.4. The molecule has 3 rings (SSSR count). The van der Waals surface area contributed by atoms with Crippen LogP contribution in [0.25, 0.3) is 0 Å². The van der Waals surface area contributed by atoms with Crippen molar-refractivity contribution in [2.45, 2.75) is 38.4 Å². The third-order valence-corrected chi connectivity index (χ3v) is 4.29. The van der Waals surface area contributed by atoms with E-state index < -0.39 is 24.0 Å². The minimum atomic E-state index is -0.655. The van der Waals surface area contributed by atoms with Crippen molar-refractivity contribution in [3.05, 3.63) is 24.3 Å². The van der Waals surface area contributed by atoms with E-state index in [4.69, 9.17) is 0 Å². The average Bonchev–Trinajstić information content (AvgIpc) is 2.96. The van der Waals surface area contributed by atoms with Crippen LogP contribution in [0.5, 0.6) is 0 Å². The van der Waals surface area contributed by atoms with E-state index >= 15 is 0 Å². The highest BCUT2D eigenvalue weighted by atomic mass is 16.2.